The van der Waals surface area contributed by atoms with E-state index in [1.165, 1.54) is 0 Å². The number of nitrogens with zero attached hydrogens (tertiary/aromatic N) is 1. The molecule has 2 N–H and O–H groups in total. The number of hydrogen-bond acceptors (Lipinski definition) is 6. The Morgan fingerprint density at radius 1 is 1.08 bits per heavy atom. The second-order valence-corrected chi connectivity index (χ2v) is 12.2. The Bertz CT molecular complexity index is 1190. The van der Waals surface area contributed by atoms with E-state index < -0.39 is 28.9 Å². The van der Waals surface area contributed by atoms with Crippen LogP contribution >= 0.6 is 0 Å². The monoisotopic (exact) mass is 541 g/mol. The molecular weight excluding hydrogens is 494 g/mol. The molecule has 0 spiro atoms. The maximum absolute atomic E-state index is 13.9. The molecule has 3 atom stereocenters. The molecule has 1 heterocycles. The lowest BCUT2D eigenvalue weighted by Gasteiger charge is -2.39. The largest absolute Gasteiger partial charge is 0.464 e. The first-order valence-electron chi connectivity index (χ1n) is 13.6. The van der Waals surface area contributed by atoms with Crippen LogP contribution in [-0.4, -0.2) is 61.5 Å². The summed E-state index contributed by atoms with van der Waals surface area (Å²) >= 11 is 0. The Balaban J connectivity index is 2.38. The van der Waals surface area contributed by atoms with Gasteiger partial charge in [0.05, 0.1) is 25.0 Å². The van der Waals surface area contributed by atoms with E-state index in [0.717, 1.165) is 16.5 Å². The standard InChI is InChI=1S/C31H47N3O5/c1-12-38-29(37)20(4)17-23(19(2)3)34(11)28(36)26(30(5,6)7)33-27(35)25(32-10)31(8,9)22-18-39-24-16-14-13-15-21(22)24/h13-19,23,25-26,32H,12H2,1-11H3,(H,33,35)/b20-17+/t23-,25+,26-/m1/s1. The van der Waals surface area contributed by atoms with Gasteiger partial charge in [-0.2, -0.15) is 0 Å². The molecule has 216 valence electrons. The molecule has 1 aromatic carbocycles. The van der Waals surface area contributed by atoms with E-state index in [4.69, 9.17) is 9.15 Å². The van der Waals surface area contributed by atoms with Crippen molar-refractivity contribution in [1.82, 2.24) is 15.5 Å². The van der Waals surface area contributed by atoms with Gasteiger partial charge in [0, 0.05) is 29.0 Å². The minimum absolute atomic E-state index is 0.0259. The number of para-hydroxylation sites is 1. The van der Waals surface area contributed by atoms with Gasteiger partial charge in [0.25, 0.3) is 0 Å². The zero-order valence-electron chi connectivity index (χ0n) is 25.5. The van der Waals surface area contributed by atoms with Crippen molar-refractivity contribution in [3.8, 4) is 0 Å². The first-order chi connectivity index (χ1) is 18.1. The van der Waals surface area contributed by atoms with E-state index in [-0.39, 0.29) is 30.4 Å². The second kappa shape index (κ2) is 12.8. The summed E-state index contributed by atoms with van der Waals surface area (Å²) in [5, 5.41) is 7.18. The summed E-state index contributed by atoms with van der Waals surface area (Å²) in [5.41, 5.74) is 0.875. The average molecular weight is 542 g/mol. The molecule has 0 radical (unpaired) electrons. The van der Waals surface area contributed by atoms with Crippen LogP contribution in [0.2, 0.25) is 0 Å². The molecule has 1 aromatic heterocycles. The summed E-state index contributed by atoms with van der Waals surface area (Å²) in [5.74, 6) is -0.897. The third-order valence-electron chi connectivity index (χ3n) is 7.34. The molecule has 0 fully saturated rings. The summed E-state index contributed by atoms with van der Waals surface area (Å²) < 4.78 is 10.9. The summed E-state index contributed by atoms with van der Waals surface area (Å²) in [6.07, 6.45) is 3.47. The molecule has 0 bridgehead atoms. The van der Waals surface area contributed by atoms with Gasteiger partial charge in [-0.15, -0.1) is 0 Å². The van der Waals surface area contributed by atoms with Crippen molar-refractivity contribution in [1.29, 1.82) is 0 Å². The Kier molecular flexibility index (Phi) is 10.5. The zero-order chi connectivity index (χ0) is 29.7. The fraction of sp³-hybridized carbons (Fsp3) is 0.581. The smallest absolute Gasteiger partial charge is 0.333 e. The number of furan rings is 1. The number of fused-ring (bicyclic) bond motifs is 1. The lowest BCUT2D eigenvalue weighted by Crippen LogP contribution is -2.61. The van der Waals surface area contributed by atoms with Crippen LogP contribution in [0.1, 0.15) is 67.9 Å². The normalized spacial score (nSPS) is 15.1. The number of benzene rings is 1. The molecule has 0 saturated carbocycles. The molecule has 0 saturated heterocycles. The maximum atomic E-state index is 13.9. The average Bonchev–Trinajstić information content (AvgIpc) is 3.29. The Morgan fingerprint density at radius 3 is 2.23 bits per heavy atom. The third kappa shape index (κ3) is 7.29. The Morgan fingerprint density at radius 2 is 1.69 bits per heavy atom. The maximum Gasteiger partial charge on any atom is 0.333 e. The van der Waals surface area contributed by atoms with Crippen LogP contribution in [0, 0.1) is 11.3 Å². The van der Waals surface area contributed by atoms with Crippen LogP contribution in [0.25, 0.3) is 11.0 Å². The highest BCUT2D eigenvalue weighted by Crippen LogP contribution is 2.35. The van der Waals surface area contributed by atoms with Crippen LogP contribution in [0.15, 0.2) is 46.6 Å². The topological polar surface area (TPSA) is 101 Å². The molecule has 2 rings (SSSR count). The summed E-state index contributed by atoms with van der Waals surface area (Å²) in [6, 6.07) is 5.92. The van der Waals surface area contributed by atoms with Crippen LogP contribution < -0.4 is 10.6 Å². The number of nitrogens with one attached hydrogen (secondary N) is 2. The van der Waals surface area contributed by atoms with Gasteiger partial charge < -0.3 is 24.7 Å². The second-order valence-electron chi connectivity index (χ2n) is 12.2. The van der Waals surface area contributed by atoms with Gasteiger partial charge in [-0.3, -0.25) is 9.59 Å². The van der Waals surface area contributed by atoms with E-state index in [1.54, 1.807) is 45.2 Å². The van der Waals surface area contributed by atoms with Crippen molar-refractivity contribution in [2.24, 2.45) is 11.3 Å². The molecule has 2 amide bonds. The number of rotatable bonds is 11. The number of carbonyl (C=O) groups is 3. The van der Waals surface area contributed by atoms with E-state index >= 15 is 0 Å². The lowest BCUT2D eigenvalue weighted by molar-refractivity contribution is -0.141. The van der Waals surface area contributed by atoms with Gasteiger partial charge >= 0.3 is 5.97 Å². The number of hydrogen-bond donors (Lipinski definition) is 2. The quantitative estimate of drug-likeness (QED) is 0.312. The highest BCUT2D eigenvalue weighted by Gasteiger charge is 2.42. The first kappa shape index (κ1) is 32.1. The predicted octanol–water partition coefficient (Wildman–Crippen LogP) is 4.82. The predicted molar refractivity (Wildman–Crippen MR) is 155 cm³/mol. The van der Waals surface area contributed by atoms with Crippen molar-refractivity contribution >= 4 is 28.8 Å². The Hall–Kier alpha value is -3.13. The summed E-state index contributed by atoms with van der Waals surface area (Å²) in [6.45, 7) is 17.5. The lowest BCUT2D eigenvalue weighted by atomic mass is 9.76. The fourth-order valence-corrected chi connectivity index (χ4v) is 5.00. The van der Waals surface area contributed by atoms with E-state index in [0.29, 0.717) is 5.57 Å². The molecular formula is C31H47N3O5. The molecule has 39 heavy (non-hydrogen) atoms. The molecule has 0 aliphatic rings. The van der Waals surface area contributed by atoms with Crippen LogP contribution in [0.3, 0.4) is 0 Å². The number of esters is 1. The highest BCUT2D eigenvalue weighted by atomic mass is 16.5. The summed E-state index contributed by atoms with van der Waals surface area (Å²) in [4.78, 5) is 41.6. The molecule has 0 aliphatic heterocycles. The van der Waals surface area contributed by atoms with Crippen LogP contribution in [0.4, 0.5) is 0 Å². The molecule has 2 aromatic rings. The van der Waals surface area contributed by atoms with Gasteiger partial charge in [-0.1, -0.05) is 72.7 Å². The number of ether oxygens (including phenoxy) is 1. The van der Waals surface area contributed by atoms with Gasteiger partial charge in [-0.05, 0) is 38.3 Å². The van der Waals surface area contributed by atoms with Gasteiger partial charge in [-0.25, -0.2) is 4.79 Å². The van der Waals surface area contributed by atoms with Gasteiger partial charge in [0.1, 0.15) is 11.6 Å². The number of likely N-dealkylation sites (N-methyl/N-ethyl adjacent to an activating group) is 2. The minimum atomic E-state index is -0.805. The molecule has 8 nitrogen and oxygen atoms in total. The van der Waals surface area contributed by atoms with E-state index in [9.17, 15) is 14.4 Å². The van der Waals surface area contributed by atoms with Crippen molar-refractivity contribution in [3.05, 3.63) is 47.7 Å². The summed E-state index contributed by atoms with van der Waals surface area (Å²) in [7, 11) is 3.45. The van der Waals surface area contributed by atoms with Crippen LogP contribution in [-0.2, 0) is 24.5 Å². The highest BCUT2D eigenvalue weighted by molar-refractivity contribution is 5.93. The zero-order valence-corrected chi connectivity index (χ0v) is 25.5. The number of amides is 2. The first-order valence-corrected chi connectivity index (χ1v) is 13.6. The van der Waals surface area contributed by atoms with Gasteiger partial charge in [0.2, 0.25) is 11.8 Å². The fourth-order valence-electron chi connectivity index (χ4n) is 5.00. The van der Waals surface area contributed by atoms with Gasteiger partial charge in [0.15, 0.2) is 0 Å². The van der Waals surface area contributed by atoms with Crippen molar-refractivity contribution < 1.29 is 23.5 Å². The van der Waals surface area contributed by atoms with Crippen molar-refractivity contribution in [3.63, 3.8) is 0 Å². The molecule has 0 unspecified atom stereocenters. The van der Waals surface area contributed by atoms with E-state index in [2.05, 4.69) is 10.6 Å². The van der Waals surface area contributed by atoms with Crippen LogP contribution in [0.5, 0.6) is 0 Å². The molecule has 0 aliphatic carbocycles. The molecule has 8 heteroatoms. The van der Waals surface area contributed by atoms with E-state index in [1.807, 2.05) is 72.7 Å². The number of carbonyl (C=O) groups excluding carboxylic acids is 3. The van der Waals surface area contributed by atoms with Crippen molar-refractivity contribution in [2.75, 3.05) is 20.7 Å². The minimum Gasteiger partial charge on any atom is -0.464 e. The Labute approximate surface area is 233 Å². The SMILES string of the molecule is CCOC(=O)/C(C)=C/[C@H](C(C)C)N(C)C(=O)[C@@H](NC(=O)[C@H](NC)C(C)(C)c1coc2ccccc12)C(C)(C)C. The third-order valence-corrected chi connectivity index (χ3v) is 7.34. The van der Waals surface area contributed by atoms with Crippen molar-refractivity contribution in [2.45, 2.75) is 85.9 Å².